The Morgan fingerprint density at radius 3 is 2.32 bits per heavy atom. The zero-order valence-corrected chi connectivity index (χ0v) is 22.3. The van der Waals surface area contributed by atoms with Crippen LogP contribution in [0.3, 0.4) is 0 Å². The van der Waals surface area contributed by atoms with Crippen molar-refractivity contribution in [1.82, 2.24) is 9.13 Å². The van der Waals surface area contributed by atoms with Gasteiger partial charge in [-0.1, -0.05) is 88.4 Å². The van der Waals surface area contributed by atoms with Gasteiger partial charge in [-0.05, 0) is 53.9 Å². The number of benzene rings is 2. The molecule has 38 heavy (non-hydrogen) atoms. The summed E-state index contributed by atoms with van der Waals surface area (Å²) in [5, 5.41) is 9.53. The summed E-state index contributed by atoms with van der Waals surface area (Å²) in [5.74, 6) is -0.187. The van der Waals surface area contributed by atoms with Crippen LogP contribution in [0.2, 0.25) is 0 Å². The van der Waals surface area contributed by atoms with Crippen molar-refractivity contribution in [1.29, 1.82) is 0 Å². The van der Waals surface area contributed by atoms with E-state index in [-0.39, 0.29) is 23.5 Å². The van der Waals surface area contributed by atoms with Gasteiger partial charge in [-0.2, -0.15) is 0 Å². The van der Waals surface area contributed by atoms with E-state index in [0.29, 0.717) is 36.1 Å². The average molecular weight is 525 g/mol. The van der Waals surface area contributed by atoms with E-state index in [4.69, 9.17) is 0 Å². The van der Waals surface area contributed by atoms with Crippen LogP contribution in [0, 0.1) is 11.8 Å². The molecule has 0 spiro atoms. The Balaban J connectivity index is 1.65. The SMILES string of the molecule is CC(C)CCc1c(C(F)F)n(CCC2CCCCC2)c(=O)n1Cc1ccc(-c2ccccc2C(=O)O)cc1. The van der Waals surface area contributed by atoms with Gasteiger partial charge in [0, 0.05) is 12.2 Å². The smallest absolute Gasteiger partial charge is 0.336 e. The molecule has 1 N–H and O–H groups in total. The summed E-state index contributed by atoms with van der Waals surface area (Å²) in [6.45, 7) is 4.63. The number of carboxylic acids is 1. The number of hydrogen-bond acceptors (Lipinski definition) is 2. The minimum absolute atomic E-state index is 0.126. The highest BCUT2D eigenvalue weighted by atomic mass is 19.3. The molecule has 1 heterocycles. The summed E-state index contributed by atoms with van der Waals surface area (Å²) >= 11 is 0. The molecule has 1 aromatic heterocycles. The van der Waals surface area contributed by atoms with E-state index in [1.165, 1.54) is 28.4 Å². The number of aromatic carboxylic acids is 1. The van der Waals surface area contributed by atoms with Crippen LogP contribution in [-0.2, 0) is 19.5 Å². The lowest BCUT2D eigenvalue weighted by molar-refractivity contribution is 0.0697. The van der Waals surface area contributed by atoms with Gasteiger partial charge in [-0.25, -0.2) is 18.4 Å². The number of rotatable bonds is 11. The number of hydrogen-bond donors (Lipinski definition) is 1. The molecular weight excluding hydrogens is 486 g/mol. The molecule has 5 nitrogen and oxygen atoms in total. The van der Waals surface area contributed by atoms with Crippen LogP contribution in [0.25, 0.3) is 11.1 Å². The summed E-state index contributed by atoms with van der Waals surface area (Å²) in [6, 6.07) is 14.1. The van der Waals surface area contributed by atoms with Crippen molar-refractivity contribution in [3.63, 3.8) is 0 Å². The monoisotopic (exact) mass is 524 g/mol. The third-order valence-corrected chi connectivity index (χ3v) is 7.79. The van der Waals surface area contributed by atoms with Gasteiger partial charge in [0.25, 0.3) is 6.43 Å². The predicted molar refractivity (Wildman–Crippen MR) is 146 cm³/mol. The Kier molecular flexibility index (Phi) is 9.18. The Hall–Kier alpha value is -3.22. The molecule has 7 heteroatoms. The third kappa shape index (κ3) is 6.43. The number of alkyl halides is 2. The van der Waals surface area contributed by atoms with Crippen LogP contribution >= 0.6 is 0 Å². The first kappa shape index (κ1) is 27.8. The molecule has 1 aliphatic rings. The Labute approximate surface area is 223 Å². The second-order valence-corrected chi connectivity index (χ2v) is 10.9. The van der Waals surface area contributed by atoms with Crippen molar-refractivity contribution in [2.45, 2.75) is 84.7 Å². The van der Waals surface area contributed by atoms with Crippen LogP contribution in [-0.4, -0.2) is 20.2 Å². The zero-order chi connectivity index (χ0) is 27.2. The molecule has 1 fully saturated rings. The van der Waals surface area contributed by atoms with E-state index in [1.54, 1.807) is 24.3 Å². The lowest BCUT2D eigenvalue weighted by Gasteiger charge is -2.21. The first-order valence-electron chi connectivity index (χ1n) is 13.8. The largest absolute Gasteiger partial charge is 0.478 e. The number of nitrogens with zero attached hydrogens (tertiary/aromatic N) is 2. The summed E-state index contributed by atoms with van der Waals surface area (Å²) in [6.07, 6.45) is 4.98. The summed E-state index contributed by atoms with van der Waals surface area (Å²) in [7, 11) is 0. The van der Waals surface area contributed by atoms with Gasteiger partial charge in [0.2, 0.25) is 0 Å². The fourth-order valence-electron chi connectivity index (χ4n) is 5.65. The summed E-state index contributed by atoms with van der Waals surface area (Å²) in [5.41, 5.74) is 2.31. The van der Waals surface area contributed by atoms with Crippen molar-refractivity contribution < 1.29 is 18.7 Å². The number of aromatic nitrogens is 2. The van der Waals surface area contributed by atoms with Crippen LogP contribution in [0.4, 0.5) is 8.78 Å². The zero-order valence-electron chi connectivity index (χ0n) is 22.3. The fraction of sp³-hybridized carbons (Fsp3) is 0.484. The van der Waals surface area contributed by atoms with Gasteiger partial charge in [0.15, 0.2) is 0 Å². The minimum Gasteiger partial charge on any atom is -0.478 e. The first-order valence-corrected chi connectivity index (χ1v) is 13.8. The number of imidazole rings is 1. The second kappa shape index (κ2) is 12.5. The molecular formula is C31H38F2N2O3. The Morgan fingerprint density at radius 1 is 1.00 bits per heavy atom. The summed E-state index contributed by atoms with van der Waals surface area (Å²) < 4.78 is 31.7. The Morgan fingerprint density at radius 2 is 1.68 bits per heavy atom. The normalized spacial score (nSPS) is 14.5. The molecule has 0 atom stereocenters. The second-order valence-electron chi connectivity index (χ2n) is 10.9. The lowest BCUT2D eigenvalue weighted by atomic mass is 9.87. The molecule has 4 rings (SSSR count). The standard InChI is InChI=1S/C31H38F2N2O3/c1-21(2)12-17-27-28(29(32)33)34(19-18-22-8-4-3-5-9-22)31(38)35(27)20-23-13-15-24(16-14-23)25-10-6-7-11-26(25)30(36)37/h6-7,10-11,13-16,21-22,29H,3-5,8-9,12,17-20H2,1-2H3,(H,36,37). The third-order valence-electron chi connectivity index (χ3n) is 7.79. The van der Waals surface area contributed by atoms with Gasteiger partial charge in [0.05, 0.1) is 12.1 Å². The maximum Gasteiger partial charge on any atom is 0.336 e. The van der Waals surface area contributed by atoms with Crippen molar-refractivity contribution in [2.75, 3.05) is 0 Å². The van der Waals surface area contributed by atoms with Crippen molar-refractivity contribution >= 4 is 5.97 Å². The van der Waals surface area contributed by atoms with E-state index in [9.17, 15) is 23.5 Å². The van der Waals surface area contributed by atoms with E-state index < -0.39 is 12.4 Å². The average Bonchev–Trinajstić information content (AvgIpc) is 3.17. The van der Waals surface area contributed by atoms with E-state index in [2.05, 4.69) is 13.8 Å². The highest BCUT2D eigenvalue weighted by molar-refractivity contribution is 5.95. The minimum atomic E-state index is -2.72. The summed E-state index contributed by atoms with van der Waals surface area (Å²) in [4.78, 5) is 25.2. The van der Waals surface area contributed by atoms with E-state index in [1.807, 2.05) is 24.3 Å². The molecule has 0 amide bonds. The molecule has 0 bridgehead atoms. The van der Waals surface area contributed by atoms with Gasteiger partial charge in [-0.15, -0.1) is 0 Å². The van der Waals surface area contributed by atoms with Crippen molar-refractivity contribution in [2.24, 2.45) is 11.8 Å². The molecule has 2 aromatic carbocycles. The van der Waals surface area contributed by atoms with E-state index >= 15 is 0 Å². The molecule has 0 radical (unpaired) electrons. The highest BCUT2D eigenvalue weighted by Gasteiger charge is 2.27. The molecule has 1 aliphatic carbocycles. The van der Waals surface area contributed by atoms with Gasteiger partial charge < -0.3 is 5.11 Å². The maximum atomic E-state index is 14.4. The number of carboxylic acid groups (broad SMARTS) is 1. The Bertz CT molecular complexity index is 1290. The molecule has 204 valence electrons. The van der Waals surface area contributed by atoms with Gasteiger partial charge in [-0.3, -0.25) is 9.13 Å². The van der Waals surface area contributed by atoms with Crippen LogP contribution in [0.15, 0.2) is 53.3 Å². The molecule has 0 unspecified atom stereocenters. The molecule has 1 saturated carbocycles. The van der Waals surface area contributed by atoms with Crippen LogP contribution in [0.5, 0.6) is 0 Å². The highest BCUT2D eigenvalue weighted by Crippen LogP contribution is 2.30. The van der Waals surface area contributed by atoms with Crippen LogP contribution in [0.1, 0.15) is 92.5 Å². The molecule has 0 saturated heterocycles. The lowest BCUT2D eigenvalue weighted by Crippen LogP contribution is -2.27. The van der Waals surface area contributed by atoms with Crippen molar-refractivity contribution in [3.8, 4) is 11.1 Å². The molecule has 3 aromatic rings. The fourth-order valence-corrected chi connectivity index (χ4v) is 5.65. The number of halogens is 2. The molecule has 0 aliphatic heterocycles. The van der Waals surface area contributed by atoms with Crippen molar-refractivity contribution in [3.05, 3.63) is 81.5 Å². The topological polar surface area (TPSA) is 64.2 Å². The van der Waals surface area contributed by atoms with Crippen LogP contribution < -0.4 is 5.69 Å². The van der Waals surface area contributed by atoms with Gasteiger partial charge in [0.1, 0.15) is 5.69 Å². The maximum absolute atomic E-state index is 14.4. The number of carbonyl (C=O) groups is 1. The van der Waals surface area contributed by atoms with E-state index in [0.717, 1.165) is 36.8 Å². The van der Waals surface area contributed by atoms with Gasteiger partial charge >= 0.3 is 11.7 Å². The first-order chi connectivity index (χ1) is 18.3. The quantitative estimate of drug-likeness (QED) is 0.281. The predicted octanol–water partition coefficient (Wildman–Crippen LogP) is 7.56.